The highest BCUT2D eigenvalue weighted by molar-refractivity contribution is 5.80. The van der Waals surface area contributed by atoms with Crippen molar-refractivity contribution in [2.75, 3.05) is 6.61 Å². The molecule has 0 aromatic carbocycles. The van der Waals surface area contributed by atoms with Crippen LogP contribution in [0.5, 0.6) is 0 Å². The minimum Gasteiger partial charge on any atom is -0.394 e. The Kier molecular flexibility index (Phi) is 62.6. The van der Waals surface area contributed by atoms with Crippen LogP contribution in [0.3, 0.4) is 0 Å². The van der Waals surface area contributed by atoms with Crippen LogP contribution in [-0.2, 0) is 4.79 Å². The van der Waals surface area contributed by atoms with Crippen LogP contribution >= 0.6 is 0 Å². The predicted molar refractivity (Wildman–Crippen MR) is 325 cm³/mol. The Morgan fingerprint density at radius 1 is 0.284 bits per heavy atom. The van der Waals surface area contributed by atoms with E-state index in [-0.39, 0.29) is 0 Å². The maximum atomic E-state index is 12.7. The Labute approximate surface area is 464 Å². The molecule has 4 unspecified atom stereocenters. The van der Waals surface area contributed by atoms with E-state index in [2.05, 4.69) is 19.2 Å². The fourth-order valence-electron chi connectivity index (χ4n) is 11.5. The molecule has 6 heteroatoms. The van der Waals surface area contributed by atoms with E-state index in [1.165, 1.54) is 334 Å². The number of amides is 1. The molecule has 0 aliphatic rings. The van der Waals surface area contributed by atoms with Gasteiger partial charge in [0.15, 0.2) is 0 Å². The minimum absolute atomic E-state index is 0.377. The second kappa shape index (κ2) is 63.1. The van der Waals surface area contributed by atoms with Gasteiger partial charge in [-0.15, -0.1) is 0 Å². The molecular formula is C68H137NO5. The summed E-state index contributed by atoms with van der Waals surface area (Å²) in [7, 11) is 0. The number of hydrogen-bond donors (Lipinski definition) is 5. The van der Waals surface area contributed by atoms with Gasteiger partial charge in [-0.1, -0.05) is 386 Å². The first-order chi connectivity index (χ1) is 36.5. The standard InChI is InChI=1S/C68H137NO5/c1-3-5-7-9-11-13-15-17-19-21-23-25-27-29-31-32-33-34-36-38-40-42-44-46-48-50-52-54-56-58-60-62-66(72)68(74)69-64(63-70)67(73)65(71)61-59-57-55-53-51-49-47-45-43-41-39-37-35-30-28-26-24-22-20-18-16-14-12-10-8-6-4-2/h64-67,70-73H,3-63H2,1-2H3,(H,69,74). The second-order valence-corrected chi connectivity index (χ2v) is 24.2. The number of carbonyl (C=O) groups is 1. The van der Waals surface area contributed by atoms with Crippen LogP contribution in [0.15, 0.2) is 0 Å². The average Bonchev–Trinajstić information content (AvgIpc) is 3.41. The summed E-state index contributed by atoms with van der Waals surface area (Å²) in [5.41, 5.74) is 0. The van der Waals surface area contributed by atoms with Gasteiger partial charge in [0.1, 0.15) is 12.2 Å². The van der Waals surface area contributed by atoms with Gasteiger partial charge in [0, 0.05) is 0 Å². The molecule has 74 heavy (non-hydrogen) atoms. The largest absolute Gasteiger partial charge is 0.394 e. The molecule has 444 valence electrons. The lowest BCUT2D eigenvalue weighted by atomic mass is 9.99. The molecule has 0 aromatic rings. The van der Waals surface area contributed by atoms with Crippen LogP contribution in [0, 0.1) is 0 Å². The lowest BCUT2D eigenvalue weighted by molar-refractivity contribution is -0.132. The zero-order valence-electron chi connectivity index (χ0n) is 50.6. The van der Waals surface area contributed by atoms with Crippen LogP contribution in [0.4, 0.5) is 0 Å². The number of carbonyl (C=O) groups excluding carboxylic acids is 1. The Balaban J connectivity index is 3.51. The molecule has 1 amide bonds. The number of hydrogen-bond acceptors (Lipinski definition) is 5. The van der Waals surface area contributed by atoms with E-state index in [1.807, 2.05) is 0 Å². The molecule has 0 aromatic heterocycles. The molecule has 0 saturated heterocycles. The predicted octanol–water partition coefficient (Wildman–Crippen LogP) is 21.0. The summed E-state index contributed by atoms with van der Waals surface area (Å²) in [5, 5.41) is 44.2. The van der Waals surface area contributed by atoms with Gasteiger partial charge in [0.25, 0.3) is 0 Å². The smallest absolute Gasteiger partial charge is 0.249 e. The zero-order valence-corrected chi connectivity index (χ0v) is 50.6. The summed E-state index contributed by atoms with van der Waals surface area (Å²) < 4.78 is 0. The number of aliphatic hydroxyl groups excluding tert-OH is 4. The van der Waals surface area contributed by atoms with Gasteiger partial charge in [0.2, 0.25) is 5.91 Å². The normalized spacial score (nSPS) is 13.4. The van der Waals surface area contributed by atoms with E-state index < -0.39 is 36.9 Å². The first-order valence-electron chi connectivity index (χ1n) is 34.4. The number of aliphatic hydroxyl groups is 4. The monoisotopic (exact) mass is 1050 g/mol. The lowest BCUT2D eigenvalue weighted by Gasteiger charge is -2.27. The molecule has 5 N–H and O–H groups in total. The molecule has 0 bridgehead atoms. The first-order valence-corrected chi connectivity index (χ1v) is 34.4. The van der Waals surface area contributed by atoms with E-state index >= 15 is 0 Å². The number of nitrogens with one attached hydrogen (secondary N) is 1. The van der Waals surface area contributed by atoms with Gasteiger partial charge in [-0.05, 0) is 12.8 Å². The van der Waals surface area contributed by atoms with Gasteiger partial charge in [0.05, 0.1) is 18.8 Å². The van der Waals surface area contributed by atoms with E-state index in [4.69, 9.17) is 0 Å². The Hall–Kier alpha value is -0.690. The van der Waals surface area contributed by atoms with E-state index in [0.29, 0.717) is 12.8 Å². The van der Waals surface area contributed by atoms with Gasteiger partial charge in [-0.25, -0.2) is 0 Å². The van der Waals surface area contributed by atoms with Crippen molar-refractivity contribution < 1.29 is 25.2 Å². The third kappa shape index (κ3) is 56.0. The molecule has 0 spiro atoms. The van der Waals surface area contributed by atoms with E-state index in [9.17, 15) is 25.2 Å². The zero-order chi connectivity index (χ0) is 53.7. The van der Waals surface area contributed by atoms with Crippen molar-refractivity contribution in [1.82, 2.24) is 5.32 Å². The van der Waals surface area contributed by atoms with Crippen molar-refractivity contribution in [1.29, 1.82) is 0 Å². The highest BCUT2D eigenvalue weighted by Gasteiger charge is 2.28. The molecule has 0 fully saturated rings. The number of rotatable bonds is 65. The molecule has 0 aliphatic heterocycles. The summed E-state index contributed by atoms with van der Waals surface area (Å²) in [6.07, 6.45) is 76.5. The molecule has 6 nitrogen and oxygen atoms in total. The first kappa shape index (κ1) is 73.3. The van der Waals surface area contributed by atoms with Crippen LogP contribution in [0.1, 0.15) is 399 Å². The van der Waals surface area contributed by atoms with Gasteiger partial charge >= 0.3 is 0 Å². The summed E-state index contributed by atoms with van der Waals surface area (Å²) in [5.74, 6) is -0.573. The third-order valence-corrected chi connectivity index (χ3v) is 16.8. The van der Waals surface area contributed by atoms with Crippen LogP contribution in [0.2, 0.25) is 0 Å². The maximum Gasteiger partial charge on any atom is 0.249 e. The van der Waals surface area contributed by atoms with Crippen molar-refractivity contribution in [3.05, 3.63) is 0 Å². The summed E-state index contributed by atoms with van der Waals surface area (Å²) >= 11 is 0. The summed E-state index contributed by atoms with van der Waals surface area (Å²) in [6, 6.07) is -0.982. The average molecular weight is 1050 g/mol. The van der Waals surface area contributed by atoms with Crippen molar-refractivity contribution in [3.8, 4) is 0 Å². The van der Waals surface area contributed by atoms with Gasteiger partial charge in [-0.3, -0.25) is 4.79 Å². The van der Waals surface area contributed by atoms with E-state index in [1.54, 1.807) is 0 Å². The minimum atomic E-state index is -1.26. The third-order valence-electron chi connectivity index (χ3n) is 16.8. The second-order valence-electron chi connectivity index (χ2n) is 24.2. The molecule has 0 radical (unpaired) electrons. The Morgan fingerprint density at radius 2 is 0.459 bits per heavy atom. The van der Waals surface area contributed by atoms with Gasteiger partial charge < -0.3 is 25.7 Å². The molecule has 0 rings (SSSR count). The van der Waals surface area contributed by atoms with Crippen molar-refractivity contribution in [3.63, 3.8) is 0 Å². The highest BCUT2D eigenvalue weighted by atomic mass is 16.3. The van der Waals surface area contributed by atoms with Crippen LogP contribution < -0.4 is 5.32 Å². The highest BCUT2D eigenvalue weighted by Crippen LogP contribution is 2.20. The van der Waals surface area contributed by atoms with Crippen LogP contribution in [0.25, 0.3) is 0 Å². The fraction of sp³-hybridized carbons (Fsp3) is 0.985. The Morgan fingerprint density at radius 3 is 0.649 bits per heavy atom. The van der Waals surface area contributed by atoms with Crippen molar-refractivity contribution >= 4 is 5.91 Å². The SMILES string of the molecule is CCCCCCCCCCCCCCCCCCCCCCCCCCCCCCCCCC(O)C(=O)NC(CO)C(O)C(O)CCCCCCCCCCCCCCCCCCCCCCCCCCCCC. The molecular weight excluding hydrogens is 911 g/mol. The van der Waals surface area contributed by atoms with Gasteiger partial charge in [-0.2, -0.15) is 0 Å². The van der Waals surface area contributed by atoms with Crippen LogP contribution in [-0.4, -0.2) is 57.3 Å². The van der Waals surface area contributed by atoms with Crippen molar-refractivity contribution in [2.24, 2.45) is 0 Å². The topological polar surface area (TPSA) is 110 Å². The maximum absolute atomic E-state index is 12.7. The molecule has 4 atom stereocenters. The lowest BCUT2D eigenvalue weighted by Crippen LogP contribution is -2.53. The molecule has 0 heterocycles. The number of unbranched alkanes of at least 4 members (excludes halogenated alkanes) is 56. The molecule has 0 aliphatic carbocycles. The Bertz CT molecular complexity index is 1040. The van der Waals surface area contributed by atoms with E-state index in [0.717, 1.165) is 38.5 Å². The molecule has 0 saturated carbocycles. The quantitative estimate of drug-likeness (QED) is 0.0390. The summed E-state index contributed by atoms with van der Waals surface area (Å²) in [4.78, 5) is 12.7. The summed E-state index contributed by atoms with van der Waals surface area (Å²) in [6.45, 7) is 4.12. The van der Waals surface area contributed by atoms with Crippen molar-refractivity contribution in [2.45, 2.75) is 423 Å². The fourth-order valence-corrected chi connectivity index (χ4v) is 11.5.